The lowest BCUT2D eigenvalue weighted by Crippen LogP contribution is -2.45. The lowest BCUT2D eigenvalue weighted by atomic mass is 9.81. The van der Waals surface area contributed by atoms with Gasteiger partial charge in [0, 0.05) is 23.6 Å². The highest BCUT2D eigenvalue weighted by molar-refractivity contribution is 5.91. The molecular weight excluding hydrogens is 514 g/mol. The zero-order valence-electron chi connectivity index (χ0n) is 17.8. The van der Waals surface area contributed by atoms with Gasteiger partial charge in [0.1, 0.15) is 11.8 Å². The predicted octanol–water partition coefficient (Wildman–Crippen LogP) is 3.18. The maximum absolute atomic E-state index is 15.1. The lowest BCUT2D eigenvalue weighted by Gasteiger charge is -2.27. The fourth-order valence-electron chi connectivity index (χ4n) is 3.76. The minimum atomic E-state index is -5.75. The molecule has 3 N–H and O–H groups in total. The van der Waals surface area contributed by atoms with Crippen LogP contribution in [0.2, 0.25) is 0 Å². The van der Waals surface area contributed by atoms with Crippen molar-refractivity contribution >= 4 is 11.8 Å². The number of carbonyl (C=O) groups excluding carboxylic acids is 2. The zero-order chi connectivity index (χ0) is 27.2. The van der Waals surface area contributed by atoms with Crippen molar-refractivity contribution in [3.8, 4) is 5.75 Å². The Morgan fingerprint density at radius 2 is 1.89 bits per heavy atom. The van der Waals surface area contributed by atoms with Gasteiger partial charge in [-0.1, -0.05) is 13.0 Å². The van der Waals surface area contributed by atoms with E-state index in [4.69, 9.17) is 5.73 Å². The Morgan fingerprint density at radius 3 is 2.44 bits per heavy atom. The van der Waals surface area contributed by atoms with Gasteiger partial charge in [-0.05, 0) is 18.2 Å². The van der Waals surface area contributed by atoms with Crippen molar-refractivity contribution in [3.05, 3.63) is 58.7 Å². The van der Waals surface area contributed by atoms with Crippen molar-refractivity contribution in [2.24, 2.45) is 16.6 Å². The molecule has 1 saturated heterocycles. The number of benzene rings is 1. The van der Waals surface area contributed by atoms with Gasteiger partial charge in [-0.25, -0.2) is 13.8 Å². The van der Waals surface area contributed by atoms with Crippen LogP contribution in [-0.2, 0) is 9.53 Å². The highest BCUT2D eigenvalue weighted by Crippen LogP contribution is 2.56. The quantitative estimate of drug-likeness (QED) is 0.456. The first-order valence-electron chi connectivity index (χ1n) is 9.75. The average molecular weight is 529 g/mol. The van der Waals surface area contributed by atoms with E-state index in [1.807, 2.05) is 0 Å². The molecule has 2 heterocycles. The fraction of sp³-hybridized carbons (Fsp3) is 0.350. The Kier molecular flexibility index (Phi) is 7.03. The number of alkyl halides is 6. The summed E-state index contributed by atoms with van der Waals surface area (Å²) in [5, 5.41) is 9.08. The summed E-state index contributed by atoms with van der Waals surface area (Å²) in [4.78, 5) is 27.6. The van der Waals surface area contributed by atoms with Crippen molar-refractivity contribution in [1.29, 1.82) is 0 Å². The van der Waals surface area contributed by atoms with Gasteiger partial charge in [0.15, 0.2) is 11.6 Å². The second-order valence-corrected chi connectivity index (χ2v) is 7.58. The van der Waals surface area contributed by atoms with E-state index in [-0.39, 0.29) is 4.73 Å². The molecule has 0 unspecified atom stereocenters. The molecule has 0 spiro atoms. The summed E-state index contributed by atoms with van der Waals surface area (Å²) in [6, 6.07) is 2.57. The molecule has 0 saturated carbocycles. The molecule has 0 radical (unpaired) electrons. The molecule has 2 amide bonds. The molecule has 1 aliphatic heterocycles. The number of primary amides is 1. The molecular formula is C20H15F8N3O5. The molecule has 1 aromatic carbocycles. The van der Waals surface area contributed by atoms with Crippen LogP contribution in [0.1, 0.15) is 28.9 Å². The van der Waals surface area contributed by atoms with Gasteiger partial charge >= 0.3 is 18.6 Å². The Hall–Kier alpha value is -3.69. The van der Waals surface area contributed by atoms with Crippen LogP contribution in [0, 0.1) is 17.6 Å². The Balaban J connectivity index is 2.20. The van der Waals surface area contributed by atoms with Crippen molar-refractivity contribution in [1.82, 2.24) is 4.73 Å². The summed E-state index contributed by atoms with van der Waals surface area (Å²) in [5.74, 6) is -17.2. The van der Waals surface area contributed by atoms with Crippen LogP contribution in [0.25, 0.3) is 0 Å². The number of aromatic nitrogens is 1. The van der Waals surface area contributed by atoms with Crippen LogP contribution in [0.5, 0.6) is 5.75 Å². The van der Waals surface area contributed by atoms with Crippen LogP contribution in [0.3, 0.4) is 0 Å². The average Bonchev–Trinajstić information content (AvgIpc) is 3.04. The molecule has 196 valence electrons. The number of rotatable bonds is 5. The summed E-state index contributed by atoms with van der Waals surface area (Å²) in [6.45, 7) is -3.16. The van der Waals surface area contributed by atoms with Crippen molar-refractivity contribution < 1.29 is 59.4 Å². The second-order valence-electron chi connectivity index (χ2n) is 7.58. The van der Waals surface area contributed by atoms with E-state index in [9.17, 15) is 45.5 Å². The molecule has 1 fully saturated rings. The third-order valence-corrected chi connectivity index (χ3v) is 5.44. The molecule has 0 aliphatic carbocycles. The molecule has 36 heavy (non-hydrogen) atoms. The number of nitrogens with zero attached hydrogens (tertiary/aromatic N) is 2. The Bertz CT molecular complexity index is 1260. The van der Waals surface area contributed by atoms with Crippen molar-refractivity contribution in [2.45, 2.75) is 37.6 Å². The van der Waals surface area contributed by atoms with Crippen LogP contribution < -0.4 is 15.8 Å². The number of ether oxygens (including phenoxy) is 2. The molecule has 16 heteroatoms. The number of nitrogens with two attached hydrogens (primary N) is 1. The van der Waals surface area contributed by atoms with Crippen molar-refractivity contribution in [3.63, 3.8) is 0 Å². The van der Waals surface area contributed by atoms with Crippen LogP contribution in [-0.4, -0.2) is 46.5 Å². The molecule has 4 atom stereocenters. The van der Waals surface area contributed by atoms with Gasteiger partial charge in [-0.2, -0.15) is 31.1 Å². The molecule has 0 bridgehead atoms. The first-order valence-corrected chi connectivity index (χ1v) is 9.75. The smallest absolute Gasteiger partial charge is 0.431 e. The van der Waals surface area contributed by atoms with Crippen LogP contribution >= 0.6 is 0 Å². The minimum Gasteiger partial charge on any atom is -0.431 e. The summed E-state index contributed by atoms with van der Waals surface area (Å²) < 4.78 is 118. The highest BCUT2D eigenvalue weighted by Gasteiger charge is 2.70. The van der Waals surface area contributed by atoms with E-state index in [0.717, 1.165) is 18.3 Å². The third kappa shape index (κ3) is 4.72. The zero-order valence-corrected chi connectivity index (χ0v) is 17.8. The van der Waals surface area contributed by atoms with E-state index in [0.29, 0.717) is 19.1 Å². The largest absolute Gasteiger partial charge is 0.448 e. The van der Waals surface area contributed by atoms with Gasteiger partial charge in [0.05, 0.1) is 5.36 Å². The summed E-state index contributed by atoms with van der Waals surface area (Å²) >= 11 is 0. The van der Waals surface area contributed by atoms with E-state index >= 15 is 4.39 Å². The number of hydrogen-bond donors (Lipinski definition) is 2. The maximum Gasteiger partial charge on any atom is 0.448 e. The predicted molar refractivity (Wildman–Crippen MR) is 100 cm³/mol. The van der Waals surface area contributed by atoms with Crippen LogP contribution in [0.4, 0.5) is 35.1 Å². The van der Waals surface area contributed by atoms with Gasteiger partial charge in [-0.3, -0.25) is 9.59 Å². The Morgan fingerprint density at radius 1 is 1.25 bits per heavy atom. The number of halogens is 8. The summed E-state index contributed by atoms with van der Waals surface area (Å²) in [6.07, 6.45) is -7.47. The Labute approximate surface area is 195 Å². The van der Waals surface area contributed by atoms with Gasteiger partial charge in [0.2, 0.25) is 5.82 Å². The number of amides is 2. The van der Waals surface area contributed by atoms with Gasteiger partial charge in [0.25, 0.3) is 11.8 Å². The number of pyridine rings is 1. The third-order valence-electron chi connectivity index (χ3n) is 5.44. The standard InChI is InChI=1S/C20H15F8N3O5/c1-7-12(9-2-3-10(21)13(22)14(9)35-18(23)24)15(36-19(7,25)20(26,27)28)17(33)30-8-4-5-31(34)11(6-8)16(29)32/h2-7,12,15,18,34H,1H3,(H2,29,32)/t7-,12-,15-,19-/m0/s1. The van der Waals surface area contributed by atoms with Gasteiger partial charge < -0.3 is 20.4 Å². The van der Waals surface area contributed by atoms with E-state index in [1.165, 1.54) is 0 Å². The second kappa shape index (κ2) is 9.40. The topological polar surface area (TPSA) is 116 Å². The first-order chi connectivity index (χ1) is 16.6. The molecule has 3 rings (SSSR count). The van der Waals surface area contributed by atoms with Crippen LogP contribution in [0.15, 0.2) is 35.5 Å². The van der Waals surface area contributed by atoms with E-state index < -0.39 is 82.4 Å². The molecule has 1 aliphatic rings. The summed E-state index contributed by atoms with van der Waals surface area (Å²) in [5.41, 5.74) is 3.51. The van der Waals surface area contributed by atoms with Gasteiger partial charge in [-0.15, -0.1) is 0 Å². The molecule has 2 aromatic rings. The fourth-order valence-corrected chi connectivity index (χ4v) is 3.76. The normalized spacial score (nSPS) is 24.8. The maximum atomic E-state index is 15.1. The van der Waals surface area contributed by atoms with E-state index in [2.05, 4.69) is 14.5 Å². The molecule has 8 nitrogen and oxygen atoms in total. The van der Waals surface area contributed by atoms with E-state index in [1.54, 1.807) is 0 Å². The first kappa shape index (κ1) is 26.9. The monoisotopic (exact) mass is 529 g/mol. The minimum absolute atomic E-state index is 0.244. The highest BCUT2D eigenvalue weighted by atomic mass is 19.4. The number of hydrogen-bond acceptors (Lipinski definition) is 5. The van der Waals surface area contributed by atoms with Crippen molar-refractivity contribution in [2.75, 3.05) is 0 Å². The summed E-state index contributed by atoms with van der Waals surface area (Å²) in [7, 11) is 0. The number of carbonyl (C=O) groups is 2. The SMILES string of the molecule is C[C@H]1[C@@H](c2ccc(F)c(F)c2OC(F)F)[C@@H](C(=O)N=c2ccn(O)c(C(N)=O)c2)O[C@]1(F)C(F)(F)F. The molecule has 1 aromatic heterocycles. The lowest BCUT2D eigenvalue weighted by molar-refractivity contribution is -0.334.